The summed E-state index contributed by atoms with van der Waals surface area (Å²) in [4.78, 5) is 11.3. The number of carboxylic acids is 1. The molecule has 0 fully saturated rings. The van der Waals surface area contributed by atoms with Crippen LogP contribution < -0.4 is 9.46 Å². The topological polar surface area (TPSA) is 92.7 Å². The van der Waals surface area contributed by atoms with Gasteiger partial charge in [0.1, 0.15) is 16.7 Å². The lowest BCUT2D eigenvalue weighted by Crippen LogP contribution is -2.45. The molecule has 0 saturated heterocycles. The molecule has 6 nitrogen and oxygen atoms in total. The molecule has 124 valence electrons. The summed E-state index contributed by atoms with van der Waals surface area (Å²) in [6.45, 7) is 7.14. The van der Waals surface area contributed by atoms with Gasteiger partial charge >= 0.3 is 5.97 Å². The van der Waals surface area contributed by atoms with Crippen LogP contribution in [0.5, 0.6) is 5.75 Å². The highest BCUT2D eigenvalue weighted by atomic mass is 32.2. The second-order valence-electron chi connectivity index (χ2n) is 5.41. The lowest BCUT2D eigenvalue weighted by atomic mass is 10.0. The number of aliphatic carboxylic acids is 1. The Bertz CT molecular complexity index is 654. The van der Waals surface area contributed by atoms with Crippen LogP contribution in [0.2, 0.25) is 0 Å². The van der Waals surface area contributed by atoms with Gasteiger partial charge in [0.2, 0.25) is 10.0 Å². The van der Waals surface area contributed by atoms with Crippen LogP contribution in [0.15, 0.2) is 17.0 Å². The van der Waals surface area contributed by atoms with E-state index in [1.54, 1.807) is 19.9 Å². The minimum atomic E-state index is -4.00. The molecule has 1 aromatic rings. The fraction of sp³-hybridized carbons (Fsp3) is 0.533. The number of carboxylic acid groups (broad SMARTS) is 1. The van der Waals surface area contributed by atoms with Gasteiger partial charge in [0, 0.05) is 0 Å². The number of nitrogens with one attached hydrogen (secondary N) is 1. The third kappa shape index (κ3) is 3.98. The molecule has 0 aromatic heterocycles. The summed E-state index contributed by atoms with van der Waals surface area (Å²) >= 11 is 0. The lowest BCUT2D eigenvalue weighted by molar-refractivity contribution is -0.140. The van der Waals surface area contributed by atoms with E-state index in [9.17, 15) is 18.3 Å². The van der Waals surface area contributed by atoms with Crippen molar-refractivity contribution in [2.45, 2.75) is 45.1 Å². The summed E-state index contributed by atoms with van der Waals surface area (Å²) in [5, 5.41) is 9.25. The van der Waals surface area contributed by atoms with Crippen LogP contribution in [0.4, 0.5) is 0 Å². The van der Waals surface area contributed by atoms with Crippen molar-refractivity contribution in [3.63, 3.8) is 0 Å². The van der Waals surface area contributed by atoms with Gasteiger partial charge in [-0.25, -0.2) is 8.42 Å². The Hall–Kier alpha value is -1.60. The Morgan fingerprint density at radius 1 is 1.32 bits per heavy atom. The molecule has 2 atom stereocenters. The van der Waals surface area contributed by atoms with Gasteiger partial charge in [-0.05, 0) is 43.0 Å². The standard InChI is InChI=1S/C15H23NO5S/c1-6-9(2)14(15(17)18)16-22(19,20)13-8-11(4)10(3)7-12(13)21-5/h7-9,14,16H,6H2,1-5H3,(H,17,18). The quantitative estimate of drug-likeness (QED) is 0.799. The Morgan fingerprint density at radius 3 is 2.32 bits per heavy atom. The van der Waals surface area contributed by atoms with E-state index in [-0.39, 0.29) is 16.6 Å². The maximum absolute atomic E-state index is 12.6. The summed E-state index contributed by atoms with van der Waals surface area (Å²) < 4.78 is 32.5. The van der Waals surface area contributed by atoms with Crippen LogP contribution in [0.25, 0.3) is 0 Å². The van der Waals surface area contributed by atoms with Crippen LogP contribution in [-0.2, 0) is 14.8 Å². The smallest absolute Gasteiger partial charge is 0.322 e. The number of sulfonamides is 1. The third-order valence-electron chi connectivity index (χ3n) is 3.83. The average Bonchev–Trinajstić information content (AvgIpc) is 2.45. The normalized spacial score (nSPS) is 14.4. The van der Waals surface area contributed by atoms with Gasteiger partial charge in [0.05, 0.1) is 7.11 Å². The predicted molar refractivity (Wildman–Crippen MR) is 83.7 cm³/mol. The first kappa shape index (κ1) is 18.4. The van der Waals surface area contributed by atoms with Gasteiger partial charge in [-0.3, -0.25) is 4.79 Å². The summed E-state index contributed by atoms with van der Waals surface area (Å²) in [5.74, 6) is -1.32. The Labute approximate surface area is 131 Å². The van der Waals surface area contributed by atoms with E-state index >= 15 is 0 Å². The van der Waals surface area contributed by atoms with Crippen molar-refractivity contribution in [1.82, 2.24) is 4.72 Å². The van der Waals surface area contributed by atoms with Crippen LogP contribution in [0, 0.1) is 19.8 Å². The molecule has 1 aromatic carbocycles. The van der Waals surface area contributed by atoms with Gasteiger partial charge in [0.25, 0.3) is 0 Å². The zero-order chi connectivity index (χ0) is 17.1. The molecule has 0 saturated carbocycles. The fourth-order valence-corrected chi connectivity index (χ4v) is 3.54. The summed E-state index contributed by atoms with van der Waals surface area (Å²) in [5.41, 5.74) is 1.68. The third-order valence-corrected chi connectivity index (χ3v) is 5.29. The van der Waals surface area contributed by atoms with Crippen molar-refractivity contribution in [3.8, 4) is 5.75 Å². The average molecular weight is 329 g/mol. The fourth-order valence-electron chi connectivity index (χ4n) is 2.01. The summed E-state index contributed by atoms with van der Waals surface area (Å²) in [7, 11) is -2.62. The highest BCUT2D eigenvalue weighted by Crippen LogP contribution is 2.27. The number of benzene rings is 1. The molecule has 2 N–H and O–H groups in total. The molecular weight excluding hydrogens is 306 g/mol. The number of aryl methyl sites for hydroxylation is 2. The molecule has 0 aliphatic carbocycles. The highest BCUT2D eigenvalue weighted by molar-refractivity contribution is 7.89. The van der Waals surface area contributed by atoms with Gasteiger partial charge in [-0.15, -0.1) is 0 Å². The molecule has 0 amide bonds. The Morgan fingerprint density at radius 2 is 1.86 bits per heavy atom. The van der Waals surface area contributed by atoms with Crippen LogP contribution in [-0.4, -0.2) is 32.6 Å². The summed E-state index contributed by atoms with van der Waals surface area (Å²) in [6.07, 6.45) is 0.545. The van der Waals surface area contributed by atoms with Gasteiger partial charge in [-0.1, -0.05) is 20.3 Å². The van der Waals surface area contributed by atoms with Crippen molar-refractivity contribution in [3.05, 3.63) is 23.3 Å². The van der Waals surface area contributed by atoms with Crippen LogP contribution in [0.3, 0.4) is 0 Å². The number of carbonyl (C=O) groups is 1. The highest BCUT2D eigenvalue weighted by Gasteiger charge is 2.31. The number of ether oxygens (including phenoxy) is 1. The largest absolute Gasteiger partial charge is 0.495 e. The first-order chi connectivity index (χ1) is 10.1. The van der Waals surface area contributed by atoms with Crippen molar-refractivity contribution < 1.29 is 23.1 Å². The molecule has 0 heterocycles. The van der Waals surface area contributed by atoms with E-state index in [0.717, 1.165) is 11.1 Å². The molecule has 0 bridgehead atoms. The molecule has 0 aliphatic rings. The minimum Gasteiger partial charge on any atom is -0.495 e. The molecule has 0 spiro atoms. The number of hydrogen-bond donors (Lipinski definition) is 2. The maximum Gasteiger partial charge on any atom is 0.322 e. The second-order valence-corrected chi connectivity index (χ2v) is 7.09. The van der Waals surface area contributed by atoms with E-state index in [1.807, 2.05) is 13.8 Å². The van der Waals surface area contributed by atoms with Crippen molar-refractivity contribution in [2.75, 3.05) is 7.11 Å². The molecule has 2 unspecified atom stereocenters. The molecule has 0 radical (unpaired) electrons. The predicted octanol–water partition coefficient (Wildman–Crippen LogP) is 2.09. The van der Waals surface area contributed by atoms with E-state index in [1.165, 1.54) is 13.2 Å². The number of methoxy groups -OCH3 is 1. The van der Waals surface area contributed by atoms with E-state index in [4.69, 9.17) is 4.74 Å². The minimum absolute atomic E-state index is 0.0485. The first-order valence-electron chi connectivity index (χ1n) is 7.04. The van der Waals surface area contributed by atoms with Crippen molar-refractivity contribution in [1.29, 1.82) is 0 Å². The van der Waals surface area contributed by atoms with Crippen LogP contribution in [0.1, 0.15) is 31.4 Å². The summed E-state index contributed by atoms with van der Waals surface area (Å²) in [6, 6.07) is 1.94. The molecule has 0 aliphatic heterocycles. The number of rotatable bonds is 7. The second kappa shape index (κ2) is 7.11. The van der Waals surface area contributed by atoms with Gasteiger partial charge < -0.3 is 9.84 Å². The number of hydrogen-bond acceptors (Lipinski definition) is 4. The molecule has 1 rings (SSSR count). The van der Waals surface area contributed by atoms with E-state index < -0.39 is 22.0 Å². The molecular formula is C15H23NO5S. The lowest BCUT2D eigenvalue weighted by Gasteiger charge is -2.21. The van der Waals surface area contributed by atoms with E-state index in [0.29, 0.717) is 6.42 Å². The monoisotopic (exact) mass is 329 g/mol. The van der Waals surface area contributed by atoms with Gasteiger partial charge in [-0.2, -0.15) is 4.72 Å². The van der Waals surface area contributed by atoms with E-state index in [2.05, 4.69) is 4.72 Å². The van der Waals surface area contributed by atoms with Crippen molar-refractivity contribution >= 4 is 16.0 Å². The SMILES string of the molecule is CCC(C)C(NS(=O)(=O)c1cc(C)c(C)cc1OC)C(=O)O. The molecule has 22 heavy (non-hydrogen) atoms. The molecule has 7 heteroatoms. The maximum atomic E-state index is 12.6. The Balaban J connectivity index is 3.29. The Kier molecular flexibility index (Phi) is 5.96. The van der Waals surface area contributed by atoms with Crippen molar-refractivity contribution in [2.24, 2.45) is 5.92 Å². The van der Waals surface area contributed by atoms with Gasteiger partial charge in [0.15, 0.2) is 0 Å². The first-order valence-corrected chi connectivity index (χ1v) is 8.52. The zero-order valence-electron chi connectivity index (χ0n) is 13.5. The van der Waals surface area contributed by atoms with Crippen LogP contribution >= 0.6 is 0 Å². The zero-order valence-corrected chi connectivity index (χ0v) is 14.3.